The summed E-state index contributed by atoms with van der Waals surface area (Å²) in [6.07, 6.45) is 1.96. The maximum absolute atomic E-state index is 4.73. The molecule has 0 unspecified atom stereocenters. The van der Waals surface area contributed by atoms with Gasteiger partial charge >= 0.3 is 0 Å². The molecule has 3 heterocycles. The van der Waals surface area contributed by atoms with Crippen molar-refractivity contribution in [2.24, 2.45) is 7.05 Å². The van der Waals surface area contributed by atoms with Gasteiger partial charge in [-0.15, -0.1) is 0 Å². The van der Waals surface area contributed by atoms with Crippen molar-refractivity contribution in [2.45, 2.75) is 13.1 Å². The van der Waals surface area contributed by atoms with Gasteiger partial charge in [-0.25, -0.2) is 4.98 Å². The Morgan fingerprint density at radius 3 is 3.05 bits per heavy atom. The number of fused-ring (bicyclic) bond motifs is 2. The summed E-state index contributed by atoms with van der Waals surface area (Å²) in [4.78, 5) is 7.04. The standard InChI is InChI=1S/C13H11BrN4S/c1-17-11-7-18(6-8(11)5-15-17)13-16-10-4-9(14)2-3-12(10)19-13/h2-5H,6-7H2,1H3. The van der Waals surface area contributed by atoms with Gasteiger partial charge in [0.1, 0.15) is 0 Å². The van der Waals surface area contributed by atoms with Crippen LogP contribution in [0.5, 0.6) is 0 Å². The lowest BCUT2D eigenvalue weighted by molar-refractivity contribution is 0.703. The van der Waals surface area contributed by atoms with Crippen molar-refractivity contribution in [3.8, 4) is 0 Å². The number of aryl methyl sites for hydroxylation is 1. The zero-order valence-corrected chi connectivity index (χ0v) is 12.7. The lowest BCUT2D eigenvalue weighted by atomic mass is 10.3. The van der Waals surface area contributed by atoms with Gasteiger partial charge in [-0.05, 0) is 18.2 Å². The van der Waals surface area contributed by atoms with Crippen LogP contribution < -0.4 is 4.90 Å². The number of rotatable bonds is 1. The molecule has 0 saturated carbocycles. The van der Waals surface area contributed by atoms with Gasteiger partial charge in [-0.1, -0.05) is 27.3 Å². The monoisotopic (exact) mass is 334 g/mol. The van der Waals surface area contributed by atoms with Gasteiger partial charge in [0, 0.05) is 23.6 Å². The molecule has 0 bridgehead atoms. The van der Waals surface area contributed by atoms with Crippen LogP contribution in [-0.2, 0) is 20.1 Å². The summed E-state index contributed by atoms with van der Waals surface area (Å²) >= 11 is 5.24. The highest BCUT2D eigenvalue weighted by Gasteiger charge is 2.24. The average molecular weight is 335 g/mol. The van der Waals surface area contributed by atoms with E-state index in [0.29, 0.717) is 0 Å². The summed E-state index contributed by atoms with van der Waals surface area (Å²) in [7, 11) is 2.00. The summed E-state index contributed by atoms with van der Waals surface area (Å²) in [5.41, 5.74) is 3.66. The quantitative estimate of drug-likeness (QED) is 0.684. The predicted molar refractivity (Wildman–Crippen MR) is 80.4 cm³/mol. The Kier molecular flexibility index (Phi) is 2.43. The number of anilines is 1. The first-order valence-electron chi connectivity index (χ1n) is 6.01. The summed E-state index contributed by atoms with van der Waals surface area (Å²) < 4.78 is 4.26. The van der Waals surface area contributed by atoms with Crippen LogP contribution in [-0.4, -0.2) is 14.8 Å². The normalized spacial score (nSPS) is 14.3. The minimum atomic E-state index is 0.896. The third kappa shape index (κ3) is 1.78. The summed E-state index contributed by atoms with van der Waals surface area (Å²) in [6, 6.07) is 6.25. The molecule has 0 aliphatic carbocycles. The zero-order valence-electron chi connectivity index (χ0n) is 10.3. The van der Waals surface area contributed by atoms with Gasteiger partial charge in [0.25, 0.3) is 0 Å². The van der Waals surface area contributed by atoms with Crippen LogP contribution in [0.4, 0.5) is 5.13 Å². The maximum Gasteiger partial charge on any atom is 0.187 e. The summed E-state index contributed by atoms with van der Waals surface area (Å²) in [5.74, 6) is 0. The highest BCUT2D eigenvalue weighted by atomic mass is 79.9. The Morgan fingerprint density at radius 2 is 2.21 bits per heavy atom. The van der Waals surface area contributed by atoms with Gasteiger partial charge in [0.2, 0.25) is 0 Å². The summed E-state index contributed by atoms with van der Waals surface area (Å²) in [6.45, 7) is 1.80. The van der Waals surface area contributed by atoms with E-state index in [0.717, 1.165) is 28.2 Å². The highest BCUT2D eigenvalue weighted by Crippen LogP contribution is 2.34. The van der Waals surface area contributed by atoms with Gasteiger partial charge in [-0.2, -0.15) is 5.10 Å². The molecular weight excluding hydrogens is 324 g/mol. The molecule has 3 aromatic rings. The molecule has 0 radical (unpaired) electrons. The molecule has 0 amide bonds. The molecule has 4 nitrogen and oxygen atoms in total. The molecule has 0 fully saturated rings. The summed E-state index contributed by atoms with van der Waals surface area (Å²) in [5, 5.41) is 5.37. The molecule has 0 N–H and O–H groups in total. The van der Waals surface area contributed by atoms with Crippen LogP contribution in [0.15, 0.2) is 28.9 Å². The van der Waals surface area contributed by atoms with Gasteiger partial charge in [0.05, 0.1) is 28.7 Å². The van der Waals surface area contributed by atoms with E-state index in [1.807, 2.05) is 17.9 Å². The molecular formula is C13H11BrN4S. The van der Waals surface area contributed by atoms with Gasteiger partial charge in [0.15, 0.2) is 5.13 Å². The molecule has 0 spiro atoms. The molecule has 19 heavy (non-hydrogen) atoms. The van der Waals surface area contributed by atoms with E-state index in [1.54, 1.807) is 11.3 Å². The number of nitrogens with zero attached hydrogens (tertiary/aromatic N) is 4. The predicted octanol–water partition coefficient (Wildman–Crippen LogP) is 3.31. The Balaban J connectivity index is 1.72. The van der Waals surface area contributed by atoms with E-state index in [9.17, 15) is 0 Å². The van der Waals surface area contributed by atoms with E-state index in [1.165, 1.54) is 16.0 Å². The third-order valence-corrected chi connectivity index (χ3v) is 5.05. The third-order valence-electron chi connectivity index (χ3n) is 3.46. The number of hydrogen-bond donors (Lipinski definition) is 0. The van der Waals surface area contributed by atoms with Crippen molar-refractivity contribution >= 4 is 42.6 Å². The Bertz CT molecular complexity index is 776. The SMILES string of the molecule is Cn1ncc2c1CN(c1nc3cc(Br)ccc3s1)C2. The van der Waals surface area contributed by atoms with E-state index in [4.69, 9.17) is 4.98 Å². The van der Waals surface area contributed by atoms with E-state index in [2.05, 4.69) is 44.1 Å². The largest absolute Gasteiger partial charge is 0.338 e. The van der Waals surface area contributed by atoms with E-state index in [-0.39, 0.29) is 0 Å². The first-order chi connectivity index (χ1) is 9.20. The molecule has 6 heteroatoms. The molecule has 2 aromatic heterocycles. The fourth-order valence-electron chi connectivity index (χ4n) is 2.45. The lowest BCUT2D eigenvalue weighted by Gasteiger charge is -2.13. The number of thiazole rings is 1. The van der Waals surface area contributed by atoms with Crippen molar-refractivity contribution in [1.29, 1.82) is 0 Å². The molecule has 0 atom stereocenters. The Labute approximate surface area is 122 Å². The number of halogens is 1. The first-order valence-corrected chi connectivity index (χ1v) is 7.62. The number of hydrogen-bond acceptors (Lipinski definition) is 4. The molecule has 1 aromatic carbocycles. The second-order valence-electron chi connectivity index (χ2n) is 4.70. The Morgan fingerprint density at radius 1 is 1.32 bits per heavy atom. The fraction of sp³-hybridized carbons (Fsp3) is 0.231. The molecule has 96 valence electrons. The smallest absolute Gasteiger partial charge is 0.187 e. The highest BCUT2D eigenvalue weighted by molar-refractivity contribution is 9.10. The average Bonchev–Trinajstić information content (AvgIpc) is 3.04. The number of aromatic nitrogens is 3. The second-order valence-corrected chi connectivity index (χ2v) is 6.63. The molecule has 1 aliphatic rings. The van der Waals surface area contributed by atoms with E-state index < -0.39 is 0 Å². The first kappa shape index (κ1) is 11.4. The van der Waals surface area contributed by atoms with Crippen molar-refractivity contribution in [2.75, 3.05) is 4.90 Å². The van der Waals surface area contributed by atoms with Crippen molar-refractivity contribution in [3.63, 3.8) is 0 Å². The molecule has 4 rings (SSSR count). The minimum Gasteiger partial charge on any atom is -0.338 e. The number of benzene rings is 1. The molecule has 0 saturated heterocycles. The zero-order chi connectivity index (χ0) is 13.0. The second kappa shape index (κ2) is 4.05. The lowest BCUT2D eigenvalue weighted by Crippen LogP contribution is -2.15. The van der Waals surface area contributed by atoms with Crippen LogP contribution in [0, 0.1) is 0 Å². The van der Waals surface area contributed by atoms with Crippen LogP contribution in [0.2, 0.25) is 0 Å². The van der Waals surface area contributed by atoms with E-state index >= 15 is 0 Å². The maximum atomic E-state index is 4.73. The molecule has 1 aliphatic heterocycles. The fourth-order valence-corrected chi connectivity index (χ4v) is 3.74. The van der Waals surface area contributed by atoms with Crippen molar-refractivity contribution in [3.05, 3.63) is 40.1 Å². The van der Waals surface area contributed by atoms with Crippen molar-refractivity contribution < 1.29 is 0 Å². The Hall–Kier alpha value is -1.40. The minimum absolute atomic E-state index is 0.896. The topological polar surface area (TPSA) is 34.0 Å². The van der Waals surface area contributed by atoms with Crippen LogP contribution in [0.1, 0.15) is 11.3 Å². The van der Waals surface area contributed by atoms with Gasteiger partial charge in [-0.3, -0.25) is 4.68 Å². The van der Waals surface area contributed by atoms with Crippen molar-refractivity contribution in [1.82, 2.24) is 14.8 Å². The van der Waals surface area contributed by atoms with Gasteiger partial charge < -0.3 is 4.90 Å². The van der Waals surface area contributed by atoms with Crippen LogP contribution in [0.3, 0.4) is 0 Å². The van der Waals surface area contributed by atoms with Crippen LogP contribution in [0.25, 0.3) is 10.2 Å². The van der Waals surface area contributed by atoms with Crippen LogP contribution >= 0.6 is 27.3 Å².